The first-order valence-electron chi connectivity index (χ1n) is 9.72. The highest BCUT2D eigenvalue weighted by molar-refractivity contribution is 6.35. The Morgan fingerprint density at radius 3 is 2.56 bits per heavy atom. The number of hydrogen-bond acceptors (Lipinski definition) is 3. The van der Waals surface area contributed by atoms with Crippen LogP contribution in [0.15, 0.2) is 67.3 Å². The van der Waals surface area contributed by atoms with Crippen molar-refractivity contribution in [1.82, 2.24) is 0 Å². The van der Waals surface area contributed by atoms with E-state index in [2.05, 4.69) is 12.6 Å². The molecule has 162 valence electrons. The maximum Gasteiger partial charge on any atom is 0.165 e. The molecular formula is C26H20Cl2FNO2. The molecule has 32 heavy (non-hydrogen) atoms. The van der Waals surface area contributed by atoms with Crippen molar-refractivity contribution in [2.75, 3.05) is 7.11 Å². The predicted octanol–water partition coefficient (Wildman–Crippen LogP) is 7.51. The Labute approximate surface area is 196 Å². The molecule has 3 aromatic carbocycles. The summed E-state index contributed by atoms with van der Waals surface area (Å²) in [6.07, 6.45) is 3.86. The zero-order valence-corrected chi connectivity index (χ0v) is 18.9. The third-order valence-electron chi connectivity index (χ3n) is 4.72. The number of benzene rings is 3. The Morgan fingerprint density at radius 2 is 1.91 bits per heavy atom. The molecule has 0 saturated carbocycles. The zero-order valence-electron chi connectivity index (χ0n) is 17.4. The van der Waals surface area contributed by atoms with Crippen molar-refractivity contribution in [3.63, 3.8) is 0 Å². The molecule has 0 aliphatic heterocycles. The van der Waals surface area contributed by atoms with Crippen molar-refractivity contribution in [2.24, 2.45) is 0 Å². The van der Waals surface area contributed by atoms with Gasteiger partial charge in [0.25, 0.3) is 0 Å². The molecule has 3 rings (SSSR count). The van der Waals surface area contributed by atoms with Crippen LogP contribution in [0.5, 0.6) is 11.5 Å². The lowest BCUT2D eigenvalue weighted by molar-refractivity contribution is 0.282. The third-order valence-corrected chi connectivity index (χ3v) is 5.31. The van der Waals surface area contributed by atoms with Gasteiger partial charge in [0.15, 0.2) is 11.5 Å². The molecule has 3 aromatic rings. The maximum absolute atomic E-state index is 14.2. The van der Waals surface area contributed by atoms with Crippen LogP contribution >= 0.6 is 23.2 Å². The minimum atomic E-state index is -0.460. The van der Waals surface area contributed by atoms with E-state index in [1.54, 1.807) is 54.6 Å². The number of hydrogen-bond donors (Lipinski definition) is 0. The number of ether oxygens (including phenoxy) is 2. The fourth-order valence-corrected chi connectivity index (χ4v) is 3.66. The highest BCUT2D eigenvalue weighted by atomic mass is 35.5. The predicted molar refractivity (Wildman–Crippen MR) is 128 cm³/mol. The molecule has 0 unspecified atom stereocenters. The molecule has 0 aromatic heterocycles. The van der Waals surface area contributed by atoms with Crippen molar-refractivity contribution in [2.45, 2.75) is 13.0 Å². The van der Waals surface area contributed by atoms with Crippen LogP contribution in [0.1, 0.15) is 22.3 Å². The van der Waals surface area contributed by atoms with Crippen molar-refractivity contribution >= 4 is 34.9 Å². The molecule has 0 amide bonds. The van der Waals surface area contributed by atoms with Gasteiger partial charge >= 0.3 is 0 Å². The lowest BCUT2D eigenvalue weighted by Gasteiger charge is -2.16. The van der Waals surface area contributed by atoms with Gasteiger partial charge in [0.05, 0.1) is 18.8 Å². The van der Waals surface area contributed by atoms with Crippen LogP contribution in [0, 0.1) is 17.1 Å². The molecular weight excluding hydrogens is 448 g/mol. The van der Waals surface area contributed by atoms with Crippen molar-refractivity contribution in [3.05, 3.63) is 105 Å². The lowest BCUT2D eigenvalue weighted by atomic mass is 10.0. The van der Waals surface area contributed by atoms with Gasteiger partial charge < -0.3 is 9.47 Å². The number of methoxy groups -OCH3 is 1. The average molecular weight is 468 g/mol. The minimum Gasteiger partial charge on any atom is -0.493 e. The van der Waals surface area contributed by atoms with Crippen LogP contribution in [0.2, 0.25) is 10.0 Å². The first-order chi connectivity index (χ1) is 15.5. The van der Waals surface area contributed by atoms with E-state index in [1.807, 2.05) is 6.07 Å². The molecule has 3 nitrogen and oxygen atoms in total. The molecule has 0 bridgehead atoms. The van der Waals surface area contributed by atoms with Crippen LogP contribution in [-0.2, 0) is 13.0 Å². The van der Waals surface area contributed by atoms with E-state index in [4.69, 9.17) is 32.7 Å². The Bertz CT molecular complexity index is 1210. The van der Waals surface area contributed by atoms with E-state index in [1.165, 1.54) is 13.2 Å². The van der Waals surface area contributed by atoms with Crippen LogP contribution < -0.4 is 9.47 Å². The molecule has 0 radical (unpaired) electrons. The van der Waals surface area contributed by atoms with Crippen LogP contribution in [0.25, 0.3) is 11.6 Å². The van der Waals surface area contributed by atoms with Crippen molar-refractivity contribution < 1.29 is 13.9 Å². The smallest absolute Gasteiger partial charge is 0.165 e. The summed E-state index contributed by atoms with van der Waals surface area (Å²) >= 11 is 12.2. The number of nitrogens with zero attached hydrogens (tertiary/aromatic N) is 1. The number of nitriles is 1. The maximum atomic E-state index is 14.2. The van der Waals surface area contributed by atoms with E-state index in [0.717, 1.165) is 11.1 Å². The quantitative estimate of drug-likeness (QED) is 0.195. The van der Waals surface area contributed by atoms with Crippen LogP contribution in [-0.4, -0.2) is 7.11 Å². The summed E-state index contributed by atoms with van der Waals surface area (Å²) in [4.78, 5) is 0. The van der Waals surface area contributed by atoms with Gasteiger partial charge in [-0.05, 0) is 48.4 Å². The summed E-state index contributed by atoms with van der Waals surface area (Å²) in [6, 6.07) is 17.0. The number of rotatable bonds is 8. The highest BCUT2D eigenvalue weighted by Gasteiger charge is 2.15. The zero-order chi connectivity index (χ0) is 23.1. The summed E-state index contributed by atoms with van der Waals surface area (Å²) in [7, 11) is 1.53. The Hall–Kier alpha value is -3.26. The van der Waals surface area contributed by atoms with E-state index in [9.17, 15) is 9.65 Å². The summed E-state index contributed by atoms with van der Waals surface area (Å²) in [5.41, 5.74) is 2.70. The fourth-order valence-electron chi connectivity index (χ4n) is 3.19. The Morgan fingerprint density at radius 1 is 1.12 bits per heavy atom. The molecule has 0 spiro atoms. The first kappa shape index (κ1) is 23.4. The highest BCUT2D eigenvalue weighted by Crippen LogP contribution is 2.36. The third kappa shape index (κ3) is 5.50. The molecule has 0 aliphatic carbocycles. The van der Waals surface area contributed by atoms with Gasteiger partial charge in [-0.25, -0.2) is 4.39 Å². The largest absolute Gasteiger partial charge is 0.493 e. The molecule has 0 saturated heterocycles. The second-order valence-corrected chi connectivity index (χ2v) is 7.72. The number of allylic oxidation sites excluding steroid dienone is 2. The molecule has 0 aliphatic rings. The lowest BCUT2D eigenvalue weighted by Crippen LogP contribution is -2.02. The first-order valence-corrected chi connectivity index (χ1v) is 10.5. The molecule has 0 N–H and O–H groups in total. The van der Waals surface area contributed by atoms with E-state index >= 15 is 0 Å². The summed E-state index contributed by atoms with van der Waals surface area (Å²) in [5, 5.41) is 10.6. The van der Waals surface area contributed by atoms with Gasteiger partial charge in [-0.15, -0.1) is 6.58 Å². The molecule has 6 heteroatoms. The van der Waals surface area contributed by atoms with E-state index in [0.29, 0.717) is 33.5 Å². The van der Waals surface area contributed by atoms with Gasteiger partial charge in [0.1, 0.15) is 12.4 Å². The average Bonchev–Trinajstić information content (AvgIpc) is 2.78. The van der Waals surface area contributed by atoms with Crippen LogP contribution in [0.4, 0.5) is 4.39 Å². The second kappa shape index (κ2) is 10.9. The summed E-state index contributed by atoms with van der Waals surface area (Å²) < 4.78 is 25.8. The summed E-state index contributed by atoms with van der Waals surface area (Å²) in [6.45, 7) is 4.02. The Kier molecular flexibility index (Phi) is 7.94. The molecule has 0 heterocycles. The second-order valence-electron chi connectivity index (χ2n) is 6.88. The monoisotopic (exact) mass is 467 g/mol. The van der Waals surface area contributed by atoms with Crippen LogP contribution in [0.3, 0.4) is 0 Å². The van der Waals surface area contributed by atoms with Crippen molar-refractivity contribution in [3.8, 4) is 17.6 Å². The van der Waals surface area contributed by atoms with Gasteiger partial charge in [0, 0.05) is 26.7 Å². The SMILES string of the molecule is C=CCc1cc(/C=C(/C#N)c2ccccc2F)cc(OC)c1OCc1ccc(Cl)cc1Cl. The summed E-state index contributed by atoms with van der Waals surface area (Å²) in [5.74, 6) is 0.560. The molecule has 0 atom stereocenters. The molecule has 0 fully saturated rings. The topological polar surface area (TPSA) is 42.2 Å². The van der Waals surface area contributed by atoms with Gasteiger partial charge in [-0.1, -0.05) is 53.5 Å². The van der Waals surface area contributed by atoms with E-state index in [-0.39, 0.29) is 17.7 Å². The van der Waals surface area contributed by atoms with Gasteiger partial charge in [-0.2, -0.15) is 5.26 Å². The Balaban J connectivity index is 2.00. The number of halogens is 3. The fraction of sp³-hybridized carbons (Fsp3) is 0.115. The van der Waals surface area contributed by atoms with Gasteiger partial charge in [-0.3, -0.25) is 0 Å². The standard InChI is InChI=1S/C26H20Cl2FNO2/c1-3-6-18-11-17(12-20(15-30)22-7-4-5-8-24(22)29)13-25(31-2)26(18)32-16-19-9-10-21(27)14-23(19)28/h3-5,7-14H,1,6,16H2,2H3/b20-12-. The van der Waals surface area contributed by atoms with E-state index < -0.39 is 5.82 Å². The van der Waals surface area contributed by atoms with Crippen molar-refractivity contribution in [1.29, 1.82) is 5.26 Å². The van der Waals surface area contributed by atoms with Gasteiger partial charge in [0.2, 0.25) is 0 Å². The normalized spacial score (nSPS) is 11.0. The minimum absolute atomic E-state index is 0.205.